The molecule has 2 aliphatic heterocycles. The molecule has 154 valence electrons. The molecule has 4 nitrogen and oxygen atoms in total. The van der Waals surface area contributed by atoms with Crippen LogP contribution in [0.5, 0.6) is 11.5 Å². The van der Waals surface area contributed by atoms with Crippen molar-refractivity contribution in [2.45, 2.75) is 45.3 Å². The standard InChI is InChI=1S/C24H29ClNO3/c1-5-23(27)29-24(15(2)3)26(4)13-19-17-8-6-7-9-21(17)28-22-11-10-16(25)12-18(22)20(19)14-26/h6-12,15,19-20,24H,5,13-14H2,1-4H3/q+1. The van der Waals surface area contributed by atoms with Crippen LogP contribution in [-0.2, 0) is 9.53 Å². The summed E-state index contributed by atoms with van der Waals surface area (Å²) >= 11 is 6.37. The Kier molecular flexibility index (Phi) is 5.34. The second kappa shape index (κ2) is 7.66. The van der Waals surface area contributed by atoms with Crippen molar-refractivity contribution < 1.29 is 18.8 Å². The van der Waals surface area contributed by atoms with E-state index < -0.39 is 0 Å². The van der Waals surface area contributed by atoms with E-state index in [1.54, 1.807) is 0 Å². The molecule has 2 heterocycles. The molecule has 0 spiro atoms. The first-order valence-electron chi connectivity index (χ1n) is 10.4. The van der Waals surface area contributed by atoms with Gasteiger partial charge in [0.25, 0.3) is 0 Å². The van der Waals surface area contributed by atoms with Crippen LogP contribution in [0.3, 0.4) is 0 Å². The van der Waals surface area contributed by atoms with Gasteiger partial charge in [0, 0.05) is 40.3 Å². The molecule has 0 N–H and O–H groups in total. The van der Waals surface area contributed by atoms with Crippen molar-refractivity contribution in [1.82, 2.24) is 0 Å². The van der Waals surface area contributed by atoms with Gasteiger partial charge in [0.05, 0.1) is 20.1 Å². The maximum absolute atomic E-state index is 12.2. The molecule has 29 heavy (non-hydrogen) atoms. The molecule has 0 aliphatic carbocycles. The number of esters is 1. The number of nitrogens with zero attached hydrogens (tertiary/aromatic N) is 1. The van der Waals surface area contributed by atoms with Crippen molar-refractivity contribution in [2.75, 3.05) is 20.1 Å². The van der Waals surface area contributed by atoms with Crippen LogP contribution in [0.15, 0.2) is 42.5 Å². The fourth-order valence-corrected chi connectivity index (χ4v) is 5.35. The van der Waals surface area contributed by atoms with Crippen LogP contribution in [0.25, 0.3) is 0 Å². The Labute approximate surface area is 178 Å². The van der Waals surface area contributed by atoms with Gasteiger partial charge in [0.1, 0.15) is 11.5 Å². The molecule has 2 aromatic rings. The molecular formula is C24H29ClNO3+. The predicted molar refractivity (Wildman–Crippen MR) is 114 cm³/mol. The number of quaternary nitrogens is 1. The lowest BCUT2D eigenvalue weighted by Crippen LogP contribution is -2.55. The maximum Gasteiger partial charge on any atom is 0.310 e. The lowest BCUT2D eigenvalue weighted by Gasteiger charge is -2.39. The van der Waals surface area contributed by atoms with Gasteiger partial charge in [-0.2, -0.15) is 0 Å². The fraction of sp³-hybridized carbons (Fsp3) is 0.458. The number of halogens is 1. The highest BCUT2D eigenvalue weighted by Gasteiger charge is 2.52. The Balaban J connectivity index is 1.80. The van der Waals surface area contributed by atoms with Crippen molar-refractivity contribution in [3.05, 3.63) is 58.6 Å². The largest absolute Gasteiger partial charge is 0.457 e. The van der Waals surface area contributed by atoms with E-state index in [4.69, 9.17) is 21.1 Å². The minimum Gasteiger partial charge on any atom is -0.457 e. The Morgan fingerprint density at radius 1 is 1.14 bits per heavy atom. The number of hydrogen-bond acceptors (Lipinski definition) is 3. The van der Waals surface area contributed by atoms with Crippen LogP contribution in [0.2, 0.25) is 5.02 Å². The van der Waals surface area contributed by atoms with Gasteiger partial charge in [-0.3, -0.25) is 9.28 Å². The average Bonchev–Trinajstić information content (AvgIpc) is 3.00. The van der Waals surface area contributed by atoms with Gasteiger partial charge < -0.3 is 9.47 Å². The van der Waals surface area contributed by atoms with Crippen molar-refractivity contribution in [3.63, 3.8) is 0 Å². The normalized spacial score (nSPS) is 26.0. The fourth-order valence-electron chi connectivity index (χ4n) is 5.17. The van der Waals surface area contributed by atoms with Gasteiger partial charge >= 0.3 is 5.97 Å². The van der Waals surface area contributed by atoms with Gasteiger partial charge in [0.2, 0.25) is 6.23 Å². The van der Waals surface area contributed by atoms with Gasteiger partial charge in [-0.15, -0.1) is 0 Å². The molecule has 4 unspecified atom stereocenters. The molecule has 5 heteroatoms. The first-order valence-corrected chi connectivity index (χ1v) is 10.8. The third kappa shape index (κ3) is 3.64. The topological polar surface area (TPSA) is 35.5 Å². The molecule has 1 saturated heterocycles. The monoisotopic (exact) mass is 414 g/mol. The van der Waals surface area contributed by atoms with Crippen LogP contribution < -0.4 is 4.74 Å². The van der Waals surface area contributed by atoms with E-state index in [-0.39, 0.29) is 30.0 Å². The minimum absolute atomic E-state index is 0.137. The molecule has 0 bridgehead atoms. The molecule has 4 rings (SSSR count). The van der Waals surface area contributed by atoms with Gasteiger partial charge in [-0.1, -0.05) is 50.6 Å². The Bertz CT molecular complexity index is 928. The summed E-state index contributed by atoms with van der Waals surface area (Å²) in [6.45, 7) is 7.87. The first kappa shape index (κ1) is 20.2. The molecule has 0 amide bonds. The average molecular weight is 415 g/mol. The highest BCUT2D eigenvalue weighted by atomic mass is 35.5. The van der Waals surface area contributed by atoms with Crippen molar-refractivity contribution in [2.24, 2.45) is 5.92 Å². The predicted octanol–water partition coefficient (Wildman–Crippen LogP) is 5.71. The molecule has 2 aliphatic rings. The van der Waals surface area contributed by atoms with E-state index in [9.17, 15) is 4.79 Å². The number of likely N-dealkylation sites (tertiary alicyclic amines) is 1. The molecule has 0 radical (unpaired) electrons. The third-order valence-corrected chi connectivity index (χ3v) is 6.58. The van der Waals surface area contributed by atoms with Crippen LogP contribution in [0.4, 0.5) is 0 Å². The summed E-state index contributed by atoms with van der Waals surface area (Å²) < 4.78 is 13.0. The Morgan fingerprint density at radius 2 is 1.79 bits per heavy atom. The van der Waals surface area contributed by atoms with Crippen molar-refractivity contribution in [1.29, 1.82) is 0 Å². The second-order valence-electron chi connectivity index (χ2n) is 8.86. The highest BCUT2D eigenvalue weighted by Crippen LogP contribution is 2.52. The number of ether oxygens (including phenoxy) is 2. The number of para-hydroxylation sites is 1. The second-order valence-corrected chi connectivity index (χ2v) is 9.29. The van der Waals surface area contributed by atoms with E-state index in [1.807, 2.05) is 37.3 Å². The summed E-state index contributed by atoms with van der Waals surface area (Å²) in [6.07, 6.45) is 0.218. The SMILES string of the molecule is CCC(=O)OC(C(C)C)[N+]1(C)CC2c3ccccc3Oc3ccc(Cl)cc3C2C1. The summed E-state index contributed by atoms with van der Waals surface area (Å²) in [6, 6.07) is 14.2. The Morgan fingerprint density at radius 3 is 2.48 bits per heavy atom. The number of benzene rings is 2. The van der Waals surface area contributed by atoms with Crippen molar-refractivity contribution in [3.8, 4) is 11.5 Å². The van der Waals surface area contributed by atoms with Crippen molar-refractivity contribution >= 4 is 17.6 Å². The molecule has 0 saturated carbocycles. The zero-order chi connectivity index (χ0) is 20.8. The summed E-state index contributed by atoms with van der Waals surface area (Å²) in [5.74, 6) is 2.39. The van der Waals surface area contributed by atoms with Crippen LogP contribution in [0, 0.1) is 5.92 Å². The molecular weight excluding hydrogens is 386 g/mol. The summed E-state index contributed by atoms with van der Waals surface area (Å²) in [5, 5.41) is 0.718. The van der Waals surface area contributed by atoms with Gasteiger partial charge in [-0.05, 0) is 24.3 Å². The van der Waals surface area contributed by atoms with E-state index in [2.05, 4.69) is 33.0 Å². The zero-order valence-electron chi connectivity index (χ0n) is 17.5. The number of carbonyl (C=O) groups is 1. The van der Waals surface area contributed by atoms with E-state index in [1.165, 1.54) is 5.56 Å². The number of rotatable bonds is 4. The number of fused-ring (bicyclic) bond motifs is 5. The summed E-state index contributed by atoms with van der Waals surface area (Å²) in [7, 11) is 2.22. The molecule has 0 aromatic heterocycles. The summed E-state index contributed by atoms with van der Waals surface area (Å²) in [5.41, 5.74) is 2.36. The summed E-state index contributed by atoms with van der Waals surface area (Å²) in [4.78, 5) is 12.2. The number of likely N-dealkylation sites (N-methyl/N-ethyl adjacent to an activating group) is 1. The number of hydrogen-bond donors (Lipinski definition) is 0. The maximum atomic E-state index is 12.2. The zero-order valence-corrected chi connectivity index (χ0v) is 18.3. The molecule has 1 fully saturated rings. The van der Waals surface area contributed by atoms with E-state index in [0.717, 1.165) is 35.2 Å². The quantitative estimate of drug-likeness (QED) is 0.475. The molecule has 4 atom stereocenters. The minimum atomic E-state index is -0.176. The Hall–Kier alpha value is -2.04. The highest BCUT2D eigenvalue weighted by molar-refractivity contribution is 6.30. The molecule has 2 aromatic carbocycles. The van der Waals surface area contributed by atoms with Crippen LogP contribution in [0.1, 0.15) is 50.2 Å². The van der Waals surface area contributed by atoms with Gasteiger partial charge in [-0.25, -0.2) is 0 Å². The lowest BCUT2D eigenvalue weighted by atomic mass is 9.84. The first-order chi connectivity index (χ1) is 13.8. The third-order valence-electron chi connectivity index (χ3n) is 6.35. The smallest absolute Gasteiger partial charge is 0.310 e. The van der Waals surface area contributed by atoms with E-state index >= 15 is 0 Å². The van der Waals surface area contributed by atoms with Crippen LogP contribution >= 0.6 is 11.6 Å². The number of carbonyl (C=O) groups excluding carboxylic acids is 1. The van der Waals surface area contributed by atoms with E-state index in [0.29, 0.717) is 10.9 Å². The lowest BCUT2D eigenvalue weighted by molar-refractivity contribution is -0.946. The van der Waals surface area contributed by atoms with Gasteiger partial charge in [0.15, 0.2) is 0 Å². The van der Waals surface area contributed by atoms with Crippen LogP contribution in [-0.4, -0.2) is 36.8 Å².